The monoisotopic (exact) mass is 526 g/mol. The van der Waals surface area contributed by atoms with Crippen LogP contribution in [0.2, 0.25) is 0 Å². The van der Waals surface area contributed by atoms with E-state index in [0.717, 1.165) is 16.7 Å². The number of methoxy groups -OCH3 is 2. The molecule has 2 aromatic rings. The molecular weight excluding hydrogens is 488 g/mol. The van der Waals surface area contributed by atoms with E-state index in [1.165, 1.54) is 7.11 Å². The fourth-order valence-electron chi connectivity index (χ4n) is 4.31. The van der Waals surface area contributed by atoms with Crippen molar-refractivity contribution in [1.82, 2.24) is 0 Å². The summed E-state index contributed by atoms with van der Waals surface area (Å²) in [5.41, 5.74) is 2.42. The van der Waals surface area contributed by atoms with Gasteiger partial charge in [0.05, 0.1) is 20.1 Å². The van der Waals surface area contributed by atoms with Crippen LogP contribution >= 0.6 is 0 Å². The van der Waals surface area contributed by atoms with Crippen LogP contribution in [0.25, 0.3) is 6.08 Å². The Kier molecular flexibility index (Phi) is 10.0. The fourth-order valence-corrected chi connectivity index (χ4v) is 4.31. The average molecular weight is 527 g/mol. The van der Waals surface area contributed by atoms with Gasteiger partial charge in [-0.2, -0.15) is 0 Å². The maximum Gasteiger partial charge on any atom is 0.306 e. The lowest BCUT2D eigenvalue weighted by atomic mass is 9.90. The van der Waals surface area contributed by atoms with E-state index in [2.05, 4.69) is 0 Å². The molecule has 38 heavy (non-hydrogen) atoms. The van der Waals surface area contributed by atoms with E-state index >= 15 is 0 Å². The maximum atomic E-state index is 12.4. The molecule has 0 radical (unpaired) electrons. The van der Waals surface area contributed by atoms with Gasteiger partial charge in [-0.05, 0) is 53.3 Å². The summed E-state index contributed by atoms with van der Waals surface area (Å²) in [7, 11) is 3.05. The van der Waals surface area contributed by atoms with Gasteiger partial charge >= 0.3 is 11.9 Å². The minimum absolute atomic E-state index is 0.0192. The third kappa shape index (κ3) is 7.43. The van der Waals surface area contributed by atoms with Crippen molar-refractivity contribution in [3.05, 3.63) is 53.1 Å². The second-order valence-corrected chi connectivity index (χ2v) is 10.2. The molecule has 0 aliphatic carbocycles. The quantitative estimate of drug-likeness (QED) is 0.346. The molecule has 8 heteroatoms. The molecule has 1 heterocycles. The number of benzene rings is 2. The normalized spacial score (nSPS) is 16.4. The highest BCUT2D eigenvalue weighted by Gasteiger charge is 2.39. The number of rotatable bonds is 12. The third-order valence-corrected chi connectivity index (χ3v) is 6.09. The van der Waals surface area contributed by atoms with Gasteiger partial charge in [-0.25, -0.2) is 0 Å². The predicted octanol–water partition coefficient (Wildman–Crippen LogP) is 5.82. The second kappa shape index (κ2) is 13.2. The van der Waals surface area contributed by atoms with Crippen LogP contribution in [0.1, 0.15) is 69.2 Å². The van der Waals surface area contributed by atoms with Gasteiger partial charge in [0.1, 0.15) is 19.3 Å². The Morgan fingerprint density at radius 3 is 2.24 bits per heavy atom. The van der Waals surface area contributed by atoms with Crippen molar-refractivity contribution >= 4 is 18.0 Å². The summed E-state index contributed by atoms with van der Waals surface area (Å²) >= 11 is 0. The molecule has 2 aromatic carbocycles. The molecule has 1 N–H and O–H groups in total. The molecule has 3 rings (SSSR count). The first-order chi connectivity index (χ1) is 18.1. The van der Waals surface area contributed by atoms with Crippen LogP contribution < -0.4 is 14.2 Å². The molecule has 0 fully saturated rings. The summed E-state index contributed by atoms with van der Waals surface area (Å²) in [6.07, 6.45) is 3.81. The summed E-state index contributed by atoms with van der Waals surface area (Å²) in [6, 6.07) is 8.83. The van der Waals surface area contributed by atoms with Gasteiger partial charge < -0.3 is 28.8 Å². The standard InChI is InChI=1S/C30H38O8/c1-18(2)12-27(32)36-11-7-8-20-14-22-23(17-37-28(33)13-19(3)4)29(38-30(22)26(15-20)35-6)21-9-10-24(31)25(16-21)34-5/h7-10,14-16,18-19,23,29,31H,11-13,17H2,1-6H3/t23-,29-/m0/s1. The second-order valence-electron chi connectivity index (χ2n) is 10.2. The predicted molar refractivity (Wildman–Crippen MR) is 144 cm³/mol. The van der Waals surface area contributed by atoms with Crippen molar-refractivity contribution in [3.63, 3.8) is 0 Å². The Morgan fingerprint density at radius 1 is 0.947 bits per heavy atom. The van der Waals surface area contributed by atoms with E-state index in [4.69, 9.17) is 23.7 Å². The lowest BCUT2D eigenvalue weighted by Gasteiger charge is -2.20. The van der Waals surface area contributed by atoms with Crippen LogP contribution in [-0.2, 0) is 19.1 Å². The average Bonchev–Trinajstić information content (AvgIpc) is 3.22. The number of ether oxygens (including phenoxy) is 5. The zero-order chi connectivity index (χ0) is 27.8. The Morgan fingerprint density at radius 2 is 1.61 bits per heavy atom. The van der Waals surface area contributed by atoms with Crippen LogP contribution in [0.4, 0.5) is 0 Å². The maximum absolute atomic E-state index is 12.4. The molecule has 1 aliphatic heterocycles. The Labute approximate surface area is 224 Å². The summed E-state index contributed by atoms with van der Waals surface area (Å²) in [5.74, 6) is 1.01. The molecule has 8 nitrogen and oxygen atoms in total. The molecule has 0 unspecified atom stereocenters. The van der Waals surface area contributed by atoms with E-state index in [-0.39, 0.29) is 48.7 Å². The van der Waals surface area contributed by atoms with Gasteiger partial charge in [0.15, 0.2) is 23.0 Å². The number of phenols is 1. The van der Waals surface area contributed by atoms with Crippen molar-refractivity contribution in [2.24, 2.45) is 11.8 Å². The van der Waals surface area contributed by atoms with Gasteiger partial charge in [0, 0.05) is 18.4 Å². The highest BCUT2D eigenvalue weighted by atomic mass is 16.5. The highest BCUT2D eigenvalue weighted by molar-refractivity contribution is 5.70. The molecular formula is C30H38O8. The number of carbonyl (C=O) groups excluding carboxylic acids is 2. The van der Waals surface area contributed by atoms with Crippen molar-refractivity contribution < 1.29 is 38.4 Å². The Balaban J connectivity index is 1.91. The molecule has 2 atom stereocenters. The van der Waals surface area contributed by atoms with E-state index in [1.807, 2.05) is 45.9 Å². The zero-order valence-corrected chi connectivity index (χ0v) is 23.0. The lowest BCUT2D eigenvalue weighted by molar-refractivity contribution is -0.145. The first kappa shape index (κ1) is 28.9. The Bertz CT molecular complexity index is 1150. The molecule has 0 saturated carbocycles. The molecule has 0 saturated heterocycles. The number of hydrogen-bond donors (Lipinski definition) is 1. The minimum atomic E-state index is -0.503. The smallest absolute Gasteiger partial charge is 0.306 e. The fraction of sp³-hybridized carbons (Fsp3) is 0.467. The topological polar surface area (TPSA) is 101 Å². The molecule has 206 valence electrons. The highest BCUT2D eigenvalue weighted by Crippen LogP contribution is 2.51. The number of aromatic hydroxyl groups is 1. The molecule has 0 spiro atoms. The summed E-state index contributed by atoms with van der Waals surface area (Å²) < 4.78 is 28.3. The van der Waals surface area contributed by atoms with Gasteiger partial charge in [-0.3, -0.25) is 9.59 Å². The summed E-state index contributed by atoms with van der Waals surface area (Å²) in [4.78, 5) is 24.2. The van der Waals surface area contributed by atoms with E-state index < -0.39 is 6.10 Å². The zero-order valence-electron chi connectivity index (χ0n) is 23.0. The summed E-state index contributed by atoms with van der Waals surface area (Å²) in [5, 5.41) is 10.1. The molecule has 0 amide bonds. The number of phenolic OH excluding ortho intramolecular Hbond substituents is 1. The van der Waals surface area contributed by atoms with Crippen LogP contribution in [0.3, 0.4) is 0 Å². The van der Waals surface area contributed by atoms with Crippen LogP contribution in [0, 0.1) is 11.8 Å². The first-order valence-corrected chi connectivity index (χ1v) is 12.9. The minimum Gasteiger partial charge on any atom is -0.504 e. The van der Waals surface area contributed by atoms with Gasteiger partial charge in [0.2, 0.25) is 0 Å². The molecule has 0 bridgehead atoms. The molecule has 0 aromatic heterocycles. The molecule has 1 aliphatic rings. The van der Waals surface area contributed by atoms with E-state index in [9.17, 15) is 14.7 Å². The van der Waals surface area contributed by atoms with Crippen molar-refractivity contribution in [3.8, 4) is 23.0 Å². The van der Waals surface area contributed by atoms with Crippen LogP contribution in [0.5, 0.6) is 23.0 Å². The van der Waals surface area contributed by atoms with Crippen molar-refractivity contribution in [2.75, 3.05) is 27.4 Å². The van der Waals surface area contributed by atoms with E-state index in [1.54, 1.807) is 31.4 Å². The first-order valence-electron chi connectivity index (χ1n) is 12.9. The van der Waals surface area contributed by atoms with Gasteiger partial charge in [-0.15, -0.1) is 0 Å². The van der Waals surface area contributed by atoms with Crippen molar-refractivity contribution in [1.29, 1.82) is 0 Å². The van der Waals surface area contributed by atoms with E-state index in [0.29, 0.717) is 30.1 Å². The number of fused-ring (bicyclic) bond motifs is 1. The van der Waals surface area contributed by atoms with Crippen LogP contribution in [-0.4, -0.2) is 44.5 Å². The number of carbonyl (C=O) groups is 2. The lowest BCUT2D eigenvalue weighted by Crippen LogP contribution is -2.18. The third-order valence-electron chi connectivity index (χ3n) is 6.09. The Hall–Kier alpha value is -3.68. The van der Waals surface area contributed by atoms with Gasteiger partial charge in [-0.1, -0.05) is 39.8 Å². The van der Waals surface area contributed by atoms with Gasteiger partial charge in [0.25, 0.3) is 0 Å². The number of esters is 2. The SMILES string of the molecule is COc1cc([C@@H]2Oc3c(OC)cc(C=CCOC(=O)CC(C)C)cc3[C@@H]2COC(=O)CC(C)C)ccc1O. The van der Waals surface area contributed by atoms with Crippen LogP contribution in [0.15, 0.2) is 36.4 Å². The number of hydrogen-bond acceptors (Lipinski definition) is 8. The summed E-state index contributed by atoms with van der Waals surface area (Å²) in [6.45, 7) is 8.12. The van der Waals surface area contributed by atoms with Crippen molar-refractivity contribution in [2.45, 2.75) is 52.6 Å². The largest absolute Gasteiger partial charge is 0.504 e.